The summed E-state index contributed by atoms with van der Waals surface area (Å²) >= 11 is 0. The second kappa shape index (κ2) is 6.93. The van der Waals surface area contributed by atoms with E-state index in [1.165, 1.54) is 11.8 Å². The van der Waals surface area contributed by atoms with Crippen LogP contribution in [-0.2, 0) is 19.6 Å². The molecule has 1 rings (SSSR count). The Kier molecular flexibility index (Phi) is 6.00. The van der Waals surface area contributed by atoms with Crippen molar-refractivity contribution >= 4 is 15.9 Å². The van der Waals surface area contributed by atoms with Crippen molar-refractivity contribution in [1.29, 1.82) is 0 Å². The Morgan fingerprint density at radius 1 is 1.38 bits per heavy atom. The molecule has 0 aromatic rings. The lowest BCUT2D eigenvalue weighted by Crippen LogP contribution is -2.49. The minimum absolute atomic E-state index is 0.254. The predicted molar refractivity (Wildman–Crippen MR) is 69.1 cm³/mol. The van der Waals surface area contributed by atoms with E-state index in [0.717, 1.165) is 6.26 Å². The van der Waals surface area contributed by atoms with E-state index < -0.39 is 34.8 Å². The van der Waals surface area contributed by atoms with Gasteiger partial charge >= 0.3 is 6.18 Å². The number of rotatable bonds is 5. The number of nitrogens with one attached hydrogen (secondary N) is 1. The molecule has 0 unspecified atom stereocenters. The lowest BCUT2D eigenvalue weighted by molar-refractivity contribution is -0.188. The SMILES string of the molecule is C[C@@H](OCC(F)(F)F)C(=O)N1CCC(NS(C)(=O)=O)CC1. The highest BCUT2D eigenvalue weighted by Gasteiger charge is 2.32. The third-order valence-electron chi connectivity index (χ3n) is 3.03. The third kappa shape index (κ3) is 7.09. The highest BCUT2D eigenvalue weighted by Crippen LogP contribution is 2.17. The first-order valence-corrected chi connectivity index (χ1v) is 8.31. The van der Waals surface area contributed by atoms with E-state index in [2.05, 4.69) is 9.46 Å². The third-order valence-corrected chi connectivity index (χ3v) is 3.79. The first-order chi connectivity index (χ1) is 9.48. The number of hydrogen-bond donors (Lipinski definition) is 1. The molecule has 0 radical (unpaired) electrons. The molecular weight excluding hydrogens is 313 g/mol. The van der Waals surface area contributed by atoms with Crippen molar-refractivity contribution in [3.8, 4) is 0 Å². The molecule has 0 aromatic heterocycles. The molecule has 1 aliphatic rings. The monoisotopic (exact) mass is 332 g/mol. The van der Waals surface area contributed by atoms with E-state index in [-0.39, 0.29) is 19.1 Å². The maximum atomic E-state index is 12.0. The minimum atomic E-state index is -4.47. The number of hydrogen-bond acceptors (Lipinski definition) is 4. The number of ether oxygens (including phenoxy) is 1. The van der Waals surface area contributed by atoms with E-state index >= 15 is 0 Å². The van der Waals surface area contributed by atoms with E-state index in [1.54, 1.807) is 0 Å². The minimum Gasteiger partial charge on any atom is -0.359 e. The largest absolute Gasteiger partial charge is 0.411 e. The number of carbonyl (C=O) groups is 1. The first kappa shape index (κ1) is 18.2. The van der Waals surface area contributed by atoms with Crippen LogP contribution in [0.2, 0.25) is 0 Å². The van der Waals surface area contributed by atoms with Gasteiger partial charge in [-0.1, -0.05) is 0 Å². The fourth-order valence-corrected chi connectivity index (χ4v) is 2.91. The van der Waals surface area contributed by atoms with Gasteiger partial charge in [0.2, 0.25) is 10.0 Å². The van der Waals surface area contributed by atoms with Crippen LogP contribution in [0.25, 0.3) is 0 Å². The van der Waals surface area contributed by atoms with Gasteiger partial charge < -0.3 is 9.64 Å². The van der Waals surface area contributed by atoms with Gasteiger partial charge in [0.15, 0.2) is 0 Å². The van der Waals surface area contributed by atoms with Crippen LogP contribution in [0.15, 0.2) is 0 Å². The molecule has 1 saturated heterocycles. The second-order valence-electron chi connectivity index (χ2n) is 5.06. The average Bonchev–Trinajstić information content (AvgIpc) is 2.33. The molecule has 1 N–H and O–H groups in total. The molecule has 0 aliphatic carbocycles. The molecule has 1 amide bonds. The van der Waals surface area contributed by atoms with Gasteiger partial charge in [0, 0.05) is 19.1 Å². The molecule has 1 atom stereocenters. The standard InChI is InChI=1S/C11H19F3N2O4S/c1-8(20-7-11(12,13)14)10(17)16-5-3-9(4-6-16)15-21(2,18)19/h8-9,15H,3-7H2,1-2H3/t8-/m1/s1. The lowest BCUT2D eigenvalue weighted by atomic mass is 10.1. The second-order valence-corrected chi connectivity index (χ2v) is 6.84. The number of alkyl halides is 3. The summed E-state index contributed by atoms with van der Waals surface area (Å²) < 4.78 is 65.2. The van der Waals surface area contributed by atoms with Gasteiger partial charge in [0.1, 0.15) is 12.7 Å². The number of sulfonamides is 1. The Hall–Kier alpha value is -0.870. The van der Waals surface area contributed by atoms with Crippen LogP contribution < -0.4 is 4.72 Å². The van der Waals surface area contributed by atoms with Gasteiger partial charge in [-0.2, -0.15) is 13.2 Å². The molecular formula is C11H19F3N2O4S. The van der Waals surface area contributed by atoms with Crippen molar-refractivity contribution in [2.75, 3.05) is 26.0 Å². The number of nitrogens with zero attached hydrogens (tertiary/aromatic N) is 1. The van der Waals surface area contributed by atoms with Gasteiger partial charge in [-0.15, -0.1) is 0 Å². The Bertz CT molecular complexity index is 459. The molecule has 1 fully saturated rings. The highest BCUT2D eigenvalue weighted by atomic mass is 32.2. The summed E-state index contributed by atoms with van der Waals surface area (Å²) in [6.07, 6.45) is -3.75. The zero-order valence-corrected chi connectivity index (χ0v) is 12.6. The summed E-state index contributed by atoms with van der Waals surface area (Å²) in [6, 6.07) is -0.254. The van der Waals surface area contributed by atoms with Crippen molar-refractivity contribution in [3.63, 3.8) is 0 Å². The normalized spacial score (nSPS) is 19.6. The number of carbonyl (C=O) groups excluding carboxylic acids is 1. The lowest BCUT2D eigenvalue weighted by Gasteiger charge is -2.33. The average molecular weight is 332 g/mol. The van der Waals surface area contributed by atoms with Crippen molar-refractivity contribution < 1.29 is 31.1 Å². The van der Waals surface area contributed by atoms with E-state index in [4.69, 9.17) is 0 Å². The van der Waals surface area contributed by atoms with Gasteiger partial charge in [-0.25, -0.2) is 13.1 Å². The fraction of sp³-hybridized carbons (Fsp3) is 0.909. The summed E-state index contributed by atoms with van der Waals surface area (Å²) in [6.45, 7) is 0.373. The smallest absolute Gasteiger partial charge is 0.359 e. The van der Waals surface area contributed by atoms with Crippen LogP contribution in [0.5, 0.6) is 0 Å². The van der Waals surface area contributed by atoms with Crippen LogP contribution in [0.4, 0.5) is 13.2 Å². The van der Waals surface area contributed by atoms with Crippen molar-refractivity contribution in [1.82, 2.24) is 9.62 Å². The molecule has 21 heavy (non-hydrogen) atoms. The van der Waals surface area contributed by atoms with E-state index in [9.17, 15) is 26.4 Å². The van der Waals surface area contributed by atoms with Gasteiger partial charge in [0.05, 0.1) is 6.26 Å². The molecule has 6 nitrogen and oxygen atoms in total. The molecule has 1 aliphatic heterocycles. The summed E-state index contributed by atoms with van der Waals surface area (Å²) in [5.41, 5.74) is 0. The van der Waals surface area contributed by atoms with Crippen LogP contribution in [-0.4, -0.2) is 63.5 Å². The Morgan fingerprint density at radius 3 is 2.33 bits per heavy atom. The van der Waals surface area contributed by atoms with Crippen LogP contribution in [0.1, 0.15) is 19.8 Å². The summed E-state index contributed by atoms with van der Waals surface area (Å²) in [7, 11) is -3.31. The van der Waals surface area contributed by atoms with Crippen molar-refractivity contribution in [2.24, 2.45) is 0 Å². The summed E-state index contributed by atoms with van der Waals surface area (Å²) in [5.74, 6) is -0.517. The Labute approximate surface area is 121 Å². The quantitative estimate of drug-likeness (QED) is 0.795. The number of piperidine rings is 1. The Balaban J connectivity index is 2.41. The van der Waals surface area contributed by atoms with Crippen molar-refractivity contribution in [2.45, 2.75) is 38.1 Å². The molecule has 0 aromatic carbocycles. The molecule has 1 heterocycles. The highest BCUT2D eigenvalue weighted by molar-refractivity contribution is 7.88. The maximum Gasteiger partial charge on any atom is 0.411 e. The predicted octanol–water partition coefficient (Wildman–Crippen LogP) is 0.494. The van der Waals surface area contributed by atoms with Crippen molar-refractivity contribution in [3.05, 3.63) is 0 Å². The van der Waals surface area contributed by atoms with Crippen LogP contribution in [0.3, 0.4) is 0 Å². The van der Waals surface area contributed by atoms with Gasteiger partial charge in [-0.05, 0) is 19.8 Å². The zero-order chi connectivity index (χ0) is 16.3. The summed E-state index contributed by atoms with van der Waals surface area (Å²) in [4.78, 5) is 13.3. The van der Waals surface area contributed by atoms with Crippen LogP contribution in [0, 0.1) is 0 Å². The van der Waals surface area contributed by atoms with Gasteiger partial charge in [-0.3, -0.25) is 4.79 Å². The fourth-order valence-electron chi connectivity index (χ4n) is 2.07. The topological polar surface area (TPSA) is 75.7 Å². The maximum absolute atomic E-state index is 12.0. The number of halogens is 3. The van der Waals surface area contributed by atoms with E-state index in [0.29, 0.717) is 12.8 Å². The molecule has 124 valence electrons. The molecule has 10 heteroatoms. The molecule has 0 saturated carbocycles. The zero-order valence-electron chi connectivity index (χ0n) is 11.8. The number of amides is 1. The first-order valence-electron chi connectivity index (χ1n) is 6.42. The van der Waals surface area contributed by atoms with Crippen LogP contribution >= 0.6 is 0 Å². The number of likely N-dealkylation sites (tertiary alicyclic amines) is 1. The molecule has 0 spiro atoms. The summed E-state index contributed by atoms with van der Waals surface area (Å²) in [5, 5.41) is 0. The molecule has 0 bridgehead atoms. The Morgan fingerprint density at radius 2 is 1.90 bits per heavy atom. The van der Waals surface area contributed by atoms with E-state index in [1.807, 2.05) is 0 Å². The van der Waals surface area contributed by atoms with Gasteiger partial charge in [0.25, 0.3) is 5.91 Å².